The van der Waals surface area contributed by atoms with Gasteiger partial charge < -0.3 is 9.90 Å². The molecule has 0 spiro atoms. The Kier molecular flexibility index (Phi) is 3.99. The van der Waals surface area contributed by atoms with Crippen LogP contribution in [0.25, 0.3) is 0 Å². The summed E-state index contributed by atoms with van der Waals surface area (Å²) < 4.78 is 0. The van der Waals surface area contributed by atoms with E-state index in [0.717, 1.165) is 5.56 Å². The number of aliphatic imine (C=N–C) groups is 1. The standard InChI is InChI=1S/C15H17NO3S/c1-15(2,3)10-6-4-9(5-7-10)14-16-13(19)11(20-14)8-12(17)18/h4-7,11H,8H2,1-3H3,(H,17,18)/p-1/t11-/m1/s1. The molecule has 0 radical (unpaired) electrons. The summed E-state index contributed by atoms with van der Waals surface area (Å²) in [6.07, 6.45) is -0.295. The predicted molar refractivity (Wildman–Crippen MR) is 77.7 cm³/mol. The maximum absolute atomic E-state index is 11.6. The van der Waals surface area contributed by atoms with Gasteiger partial charge in [0.15, 0.2) is 0 Å². The van der Waals surface area contributed by atoms with Crippen molar-refractivity contribution in [3.63, 3.8) is 0 Å². The van der Waals surface area contributed by atoms with Crippen LogP contribution in [0.4, 0.5) is 0 Å². The Hall–Kier alpha value is -1.62. The van der Waals surface area contributed by atoms with Crippen LogP contribution in [-0.4, -0.2) is 22.2 Å². The van der Waals surface area contributed by atoms with E-state index in [2.05, 4.69) is 25.8 Å². The van der Waals surface area contributed by atoms with Crippen LogP contribution in [0.2, 0.25) is 0 Å². The maximum Gasteiger partial charge on any atom is 0.260 e. The number of carboxylic acids is 1. The molecule has 0 saturated heterocycles. The molecule has 0 saturated carbocycles. The van der Waals surface area contributed by atoms with Crippen LogP contribution in [0, 0.1) is 0 Å². The largest absolute Gasteiger partial charge is 0.550 e. The van der Waals surface area contributed by atoms with Crippen molar-refractivity contribution in [2.75, 3.05) is 0 Å². The predicted octanol–water partition coefficient (Wildman–Crippen LogP) is 1.51. The number of carbonyl (C=O) groups is 2. The molecule has 1 amide bonds. The second kappa shape index (κ2) is 5.40. The van der Waals surface area contributed by atoms with Crippen molar-refractivity contribution in [3.8, 4) is 0 Å². The molecule has 0 aromatic heterocycles. The minimum Gasteiger partial charge on any atom is -0.550 e. The lowest BCUT2D eigenvalue weighted by molar-refractivity contribution is -0.305. The summed E-state index contributed by atoms with van der Waals surface area (Å²) in [5, 5.41) is 10.5. The number of hydrogen-bond donors (Lipinski definition) is 0. The Labute approximate surface area is 122 Å². The van der Waals surface area contributed by atoms with Crippen molar-refractivity contribution >= 4 is 28.7 Å². The van der Waals surface area contributed by atoms with E-state index in [4.69, 9.17) is 0 Å². The average molecular weight is 290 g/mol. The molecule has 0 fully saturated rings. The van der Waals surface area contributed by atoms with Crippen LogP contribution < -0.4 is 5.11 Å². The summed E-state index contributed by atoms with van der Waals surface area (Å²) in [6.45, 7) is 6.38. The van der Waals surface area contributed by atoms with Crippen molar-refractivity contribution in [3.05, 3.63) is 35.4 Å². The van der Waals surface area contributed by atoms with Gasteiger partial charge in [0, 0.05) is 18.0 Å². The quantitative estimate of drug-likeness (QED) is 0.846. The SMILES string of the molecule is CC(C)(C)c1ccc(C2=NC(=O)[C@@H](CC(=O)[O-])S2)cc1. The zero-order valence-corrected chi connectivity index (χ0v) is 12.5. The lowest BCUT2D eigenvalue weighted by Gasteiger charge is -2.19. The van der Waals surface area contributed by atoms with E-state index in [1.165, 1.54) is 17.3 Å². The molecule has 0 bridgehead atoms. The number of amides is 1. The smallest absolute Gasteiger partial charge is 0.260 e. The molecule has 0 N–H and O–H groups in total. The van der Waals surface area contributed by atoms with Crippen molar-refractivity contribution in [2.24, 2.45) is 4.99 Å². The number of nitrogens with zero attached hydrogens (tertiary/aromatic N) is 1. The molecule has 106 valence electrons. The van der Waals surface area contributed by atoms with Crippen molar-refractivity contribution in [2.45, 2.75) is 37.9 Å². The number of benzene rings is 1. The van der Waals surface area contributed by atoms with Gasteiger partial charge in [-0.25, -0.2) is 4.99 Å². The van der Waals surface area contributed by atoms with Crippen molar-refractivity contribution in [1.82, 2.24) is 0 Å². The van der Waals surface area contributed by atoms with Gasteiger partial charge in [-0.15, -0.1) is 0 Å². The molecule has 1 atom stereocenters. The van der Waals surface area contributed by atoms with E-state index in [-0.39, 0.29) is 11.8 Å². The van der Waals surface area contributed by atoms with Gasteiger partial charge in [-0.1, -0.05) is 56.8 Å². The van der Waals surface area contributed by atoms with Gasteiger partial charge >= 0.3 is 0 Å². The number of carbonyl (C=O) groups excluding carboxylic acids is 2. The minimum absolute atomic E-state index is 0.0660. The van der Waals surface area contributed by atoms with E-state index in [0.29, 0.717) is 5.04 Å². The van der Waals surface area contributed by atoms with Crippen molar-refractivity contribution < 1.29 is 14.7 Å². The highest BCUT2D eigenvalue weighted by Crippen LogP contribution is 2.30. The molecule has 20 heavy (non-hydrogen) atoms. The highest BCUT2D eigenvalue weighted by atomic mass is 32.2. The molecule has 5 heteroatoms. The Morgan fingerprint density at radius 1 is 1.30 bits per heavy atom. The molecule has 4 nitrogen and oxygen atoms in total. The van der Waals surface area contributed by atoms with Crippen LogP contribution in [-0.2, 0) is 15.0 Å². The molecule has 1 heterocycles. The second-order valence-corrected chi connectivity index (χ2v) is 6.96. The summed E-state index contributed by atoms with van der Waals surface area (Å²) in [6, 6.07) is 7.85. The lowest BCUT2D eigenvalue weighted by Crippen LogP contribution is -2.28. The summed E-state index contributed by atoms with van der Waals surface area (Å²) in [5.74, 6) is -1.62. The van der Waals surface area contributed by atoms with Crippen LogP contribution in [0.1, 0.15) is 38.3 Å². The first kappa shape index (κ1) is 14.8. The molecule has 1 aliphatic heterocycles. The summed E-state index contributed by atoms with van der Waals surface area (Å²) >= 11 is 1.19. The number of hydrogen-bond acceptors (Lipinski definition) is 4. The topological polar surface area (TPSA) is 69.6 Å². The monoisotopic (exact) mass is 290 g/mol. The third-order valence-corrected chi connectivity index (χ3v) is 4.29. The number of aliphatic carboxylic acids is 1. The molecule has 1 aromatic carbocycles. The molecule has 1 aromatic rings. The van der Waals surface area contributed by atoms with Crippen LogP contribution in [0.5, 0.6) is 0 Å². The molecular formula is C15H16NO3S-. The molecular weight excluding hydrogens is 274 g/mol. The minimum atomic E-state index is -1.23. The zero-order chi connectivity index (χ0) is 14.9. The highest BCUT2D eigenvalue weighted by Gasteiger charge is 2.29. The van der Waals surface area contributed by atoms with E-state index < -0.39 is 17.1 Å². The normalized spacial score (nSPS) is 19.1. The van der Waals surface area contributed by atoms with Crippen molar-refractivity contribution in [1.29, 1.82) is 0 Å². The Bertz CT molecular complexity index is 570. The second-order valence-electron chi connectivity index (χ2n) is 5.77. The van der Waals surface area contributed by atoms with Gasteiger partial charge in [-0.3, -0.25) is 4.79 Å². The average Bonchev–Trinajstić information content (AvgIpc) is 2.69. The van der Waals surface area contributed by atoms with Gasteiger partial charge in [-0.2, -0.15) is 0 Å². The summed E-state index contributed by atoms with van der Waals surface area (Å²) in [5.41, 5.74) is 2.11. The number of carboxylic acid groups (broad SMARTS) is 1. The van der Waals surface area contributed by atoms with E-state index in [9.17, 15) is 14.7 Å². The molecule has 2 rings (SSSR count). The van der Waals surface area contributed by atoms with Crippen LogP contribution in [0.3, 0.4) is 0 Å². The van der Waals surface area contributed by atoms with Gasteiger partial charge in [0.2, 0.25) is 0 Å². The Balaban J connectivity index is 2.16. The van der Waals surface area contributed by atoms with E-state index in [1.807, 2.05) is 24.3 Å². The van der Waals surface area contributed by atoms with E-state index >= 15 is 0 Å². The van der Waals surface area contributed by atoms with Crippen LogP contribution in [0.15, 0.2) is 29.3 Å². The molecule has 0 unspecified atom stereocenters. The number of rotatable bonds is 3. The first-order valence-electron chi connectivity index (χ1n) is 6.37. The summed E-state index contributed by atoms with van der Waals surface area (Å²) in [7, 11) is 0. The molecule has 0 aliphatic carbocycles. The van der Waals surface area contributed by atoms with E-state index in [1.54, 1.807) is 0 Å². The Morgan fingerprint density at radius 2 is 1.90 bits per heavy atom. The van der Waals surface area contributed by atoms with Gasteiger partial charge in [0.1, 0.15) is 5.04 Å². The fraction of sp³-hybridized carbons (Fsp3) is 0.400. The fourth-order valence-corrected chi connectivity index (χ4v) is 2.97. The third-order valence-electron chi connectivity index (χ3n) is 3.09. The van der Waals surface area contributed by atoms with Gasteiger partial charge in [-0.05, 0) is 11.0 Å². The molecule has 1 aliphatic rings. The summed E-state index contributed by atoms with van der Waals surface area (Å²) in [4.78, 5) is 26.1. The zero-order valence-electron chi connectivity index (χ0n) is 11.7. The third kappa shape index (κ3) is 3.28. The number of thioether (sulfide) groups is 1. The Morgan fingerprint density at radius 3 is 2.40 bits per heavy atom. The first-order chi connectivity index (χ1) is 9.27. The van der Waals surface area contributed by atoms with Gasteiger partial charge in [0.25, 0.3) is 5.91 Å². The fourth-order valence-electron chi connectivity index (χ4n) is 1.91. The first-order valence-corrected chi connectivity index (χ1v) is 7.25. The van der Waals surface area contributed by atoms with Crippen LogP contribution >= 0.6 is 11.8 Å². The lowest BCUT2D eigenvalue weighted by atomic mass is 9.87. The maximum atomic E-state index is 11.6. The van der Waals surface area contributed by atoms with Gasteiger partial charge in [0.05, 0.1) is 5.25 Å². The highest BCUT2D eigenvalue weighted by molar-refractivity contribution is 8.16.